The molecule has 1 amide bonds. The van der Waals surface area contributed by atoms with E-state index in [1.165, 1.54) is 0 Å². The molecule has 2 aliphatic rings. The maximum Gasteiger partial charge on any atom is 0.255 e. The molecule has 2 heterocycles. The third-order valence-electron chi connectivity index (χ3n) is 8.10. The van der Waals surface area contributed by atoms with Gasteiger partial charge in [-0.3, -0.25) is 4.79 Å². The van der Waals surface area contributed by atoms with Gasteiger partial charge in [-0.1, -0.05) is 35.3 Å². The van der Waals surface area contributed by atoms with E-state index in [-0.39, 0.29) is 12.0 Å². The largest absolute Gasteiger partial charge is 0.497 e. The molecule has 0 bridgehead atoms. The van der Waals surface area contributed by atoms with E-state index in [1.807, 2.05) is 43.3 Å². The molecule has 8 nitrogen and oxygen atoms in total. The van der Waals surface area contributed by atoms with Gasteiger partial charge in [0.2, 0.25) is 0 Å². The average molecular weight is 649 g/mol. The maximum atomic E-state index is 12.6. The Bertz CT molecular complexity index is 1630. The average Bonchev–Trinajstić information content (AvgIpc) is 3.45. The van der Waals surface area contributed by atoms with E-state index in [2.05, 4.69) is 39.4 Å². The van der Waals surface area contributed by atoms with Crippen LogP contribution < -0.4 is 24.6 Å². The third kappa shape index (κ3) is 7.31. The molecule has 2 atom stereocenters. The van der Waals surface area contributed by atoms with E-state index in [0.717, 1.165) is 54.6 Å². The van der Waals surface area contributed by atoms with Crippen LogP contribution in [0.3, 0.4) is 0 Å². The lowest BCUT2D eigenvalue weighted by atomic mass is 10.1. The third-order valence-corrected chi connectivity index (χ3v) is 8.64. The number of rotatable bonds is 9. The molecule has 0 unspecified atom stereocenters. The number of ether oxygens (including phenoxy) is 4. The number of nitrogens with zero attached hydrogens (tertiary/aromatic N) is 2. The molecule has 0 saturated carbocycles. The molecule has 0 radical (unpaired) electrons. The zero-order valence-electron chi connectivity index (χ0n) is 25.2. The number of carbonyl (C=O) groups excluding carboxylic acids is 1. The van der Waals surface area contributed by atoms with Crippen molar-refractivity contribution < 1.29 is 23.7 Å². The summed E-state index contributed by atoms with van der Waals surface area (Å²) in [5.41, 5.74) is 4.33. The Morgan fingerprint density at radius 2 is 1.56 bits per heavy atom. The van der Waals surface area contributed by atoms with Crippen LogP contribution in [-0.2, 0) is 15.3 Å². The summed E-state index contributed by atoms with van der Waals surface area (Å²) in [6.45, 7) is 6.20. The second kappa shape index (κ2) is 13.6. The van der Waals surface area contributed by atoms with Crippen molar-refractivity contribution in [3.05, 3.63) is 112 Å². The molecule has 4 aromatic carbocycles. The minimum absolute atomic E-state index is 0.171. The lowest BCUT2D eigenvalue weighted by Crippen LogP contribution is -2.46. The zero-order valence-corrected chi connectivity index (χ0v) is 26.7. The van der Waals surface area contributed by atoms with Crippen LogP contribution in [0, 0.1) is 0 Å². The van der Waals surface area contributed by atoms with Crippen LogP contribution >= 0.6 is 23.2 Å². The van der Waals surface area contributed by atoms with E-state index in [4.69, 9.17) is 42.1 Å². The van der Waals surface area contributed by atoms with Crippen LogP contribution in [0.4, 0.5) is 17.1 Å². The second-order valence-electron chi connectivity index (χ2n) is 11.1. The number of hydrogen-bond acceptors (Lipinski definition) is 7. The second-order valence-corrected chi connectivity index (χ2v) is 12.0. The number of halogens is 2. The van der Waals surface area contributed by atoms with Crippen LogP contribution in [-0.4, -0.2) is 58.5 Å². The molecule has 10 heteroatoms. The van der Waals surface area contributed by atoms with Crippen molar-refractivity contribution in [1.29, 1.82) is 0 Å². The van der Waals surface area contributed by atoms with E-state index in [1.54, 1.807) is 37.4 Å². The molecule has 0 spiro atoms. The van der Waals surface area contributed by atoms with Crippen molar-refractivity contribution >= 4 is 46.2 Å². The Morgan fingerprint density at radius 1 is 0.889 bits per heavy atom. The van der Waals surface area contributed by atoms with Crippen molar-refractivity contribution in [3.63, 3.8) is 0 Å². The van der Waals surface area contributed by atoms with Crippen molar-refractivity contribution in [2.45, 2.75) is 18.8 Å². The van der Waals surface area contributed by atoms with Crippen LogP contribution in [0.25, 0.3) is 0 Å². The number of benzene rings is 4. The fourth-order valence-corrected chi connectivity index (χ4v) is 6.19. The van der Waals surface area contributed by atoms with Gasteiger partial charge in [0.1, 0.15) is 24.2 Å². The predicted octanol–water partition coefficient (Wildman–Crippen LogP) is 7.25. The summed E-state index contributed by atoms with van der Waals surface area (Å²) in [4.78, 5) is 17.4. The topological polar surface area (TPSA) is 72.5 Å². The van der Waals surface area contributed by atoms with Crippen molar-refractivity contribution in [3.8, 4) is 11.5 Å². The van der Waals surface area contributed by atoms with Gasteiger partial charge in [0, 0.05) is 59.4 Å². The molecular formula is C35H35Cl2N3O5. The minimum atomic E-state index is -0.947. The highest BCUT2D eigenvalue weighted by Gasteiger charge is 2.40. The molecule has 2 fully saturated rings. The number of hydrogen-bond donors (Lipinski definition) is 1. The summed E-state index contributed by atoms with van der Waals surface area (Å²) in [5.74, 6) is 0.307. The van der Waals surface area contributed by atoms with Gasteiger partial charge >= 0.3 is 0 Å². The molecule has 2 saturated heterocycles. The van der Waals surface area contributed by atoms with Gasteiger partial charge in [0.25, 0.3) is 5.91 Å². The van der Waals surface area contributed by atoms with Gasteiger partial charge in [0.15, 0.2) is 5.79 Å². The van der Waals surface area contributed by atoms with E-state index >= 15 is 0 Å². The zero-order chi connectivity index (χ0) is 31.4. The monoisotopic (exact) mass is 647 g/mol. The van der Waals surface area contributed by atoms with Gasteiger partial charge in [-0.05, 0) is 85.8 Å². The van der Waals surface area contributed by atoms with Gasteiger partial charge < -0.3 is 34.1 Å². The minimum Gasteiger partial charge on any atom is -0.497 e. The highest BCUT2D eigenvalue weighted by molar-refractivity contribution is 6.35. The Morgan fingerprint density at radius 3 is 2.20 bits per heavy atom. The summed E-state index contributed by atoms with van der Waals surface area (Å²) in [7, 11) is 1.59. The number of carbonyl (C=O) groups is 1. The van der Waals surface area contributed by atoms with Crippen molar-refractivity contribution in [2.24, 2.45) is 0 Å². The summed E-state index contributed by atoms with van der Waals surface area (Å²) in [6, 6.07) is 28.5. The number of methoxy groups -OCH3 is 1. The first-order valence-electron chi connectivity index (χ1n) is 14.9. The molecule has 2 aliphatic heterocycles. The SMILES string of the molecule is COc1cccc(C(=O)Nc2ccc(N3CCN(c4ccc(OC[C@@H]5CO[C@](C)(c6ccc(Cl)cc6Cl)O5)cc4)CC3)cc2)c1. The lowest BCUT2D eigenvalue weighted by molar-refractivity contribution is -0.164. The Kier molecular flexibility index (Phi) is 9.37. The van der Waals surface area contributed by atoms with Gasteiger partial charge in [0.05, 0.1) is 18.7 Å². The molecule has 1 N–H and O–H groups in total. The van der Waals surface area contributed by atoms with Gasteiger partial charge in [-0.2, -0.15) is 0 Å². The van der Waals surface area contributed by atoms with Crippen LogP contribution in [0.5, 0.6) is 11.5 Å². The molecule has 45 heavy (non-hydrogen) atoms. The van der Waals surface area contributed by atoms with Gasteiger partial charge in [-0.25, -0.2) is 0 Å². The van der Waals surface area contributed by atoms with Crippen LogP contribution in [0.2, 0.25) is 10.0 Å². The van der Waals surface area contributed by atoms with E-state index < -0.39 is 5.79 Å². The first kappa shape index (κ1) is 31.0. The summed E-state index contributed by atoms with van der Waals surface area (Å²) in [6.07, 6.45) is -0.229. The Balaban J connectivity index is 0.962. The Labute approximate surface area is 273 Å². The highest BCUT2D eigenvalue weighted by atomic mass is 35.5. The van der Waals surface area contributed by atoms with Crippen molar-refractivity contribution in [1.82, 2.24) is 0 Å². The summed E-state index contributed by atoms with van der Waals surface area (Å²) >= 11 is 12.4. The molecular weight excluding hydrogens is 613 g/mol. The van der Waals surface area contributed by atoms with Gasteiger partial charge in [-0.15, -0.1) is 0 Å². The summed E-state index contributed by atoms with van der Waals surface area (Å²) in [5, 5.41) is 4.03. The standard InChI is InChI=1S/C35H35Cl2N3O5/c1-35(32-15-6-25(36)21-33(32)37)44-23-31(45-35)22-43-29-13-11-28(12-14-29)40-18-16-39(17-19-40)27-9-7-26(8-10-27)38-34(41)24-4-3-5-30(20-24)42-2/h3-15,20-21,31H,16-19,22-23H2,1-2H3,(H,38,41)/t31-,35+/m1/s1. The number of piperazine rings is 1. The quantitative estimate of drug-likeness (QED) is 0.205. The van der Waals surface area contributed by atoms with Crippen molar-refractivity contribution in [2.75, 3.05) is 61.6 Å². The smallest absolute Gasteiger partial charge is 0.255 e. The molecule has 0 aliphatic carbocycles. The molecule has 234 valence electrons. The maximum absolute atomic E-state index is 12.6. The normalized spacial score (nSPS) is 19.8. The first-order valence-corrected chi connectivity index (χ1v) is 15.6. The highest BCUT2D eigenvalue weighted by Crippen LogP contribution is 2.39. The Hall–Kier alpha value is -3.95. The van der Waals surface area contributed by atoms with E-state index in [9.17, 15) is 4.79 Å². The fraction of sp³-hybridized carbons (Fsp3) is 0.286. The first-order chi connectivity index (χ1) is 21.8. The molecule has 6 rings (SSSR count). The van der Waals surface area contributed by atoms with Crippen LogP contribution in [0.15, 0.2) is 91.0 Å². The number of amides is 1. The fourth-order valence-electron chi connectivity index (χ4n) is 5.61. The van der Waals surface area contributed by atoms with E-state index in [0.29, 0.717) is 34.6 Å². The number of anilines is 3. The molecule has 4 aromatic rings. The molecule has 0 aromatic heterocycles. The van der Waals surface area contributed by atoms with Crippen LogP contribution in [0.1, 0.15) is 22.8 Å². The summed E-state index contributed by atoms with van der Waals surface area (Å²) < 4.78 is 23.4. The predicted molar refractivity (Wildman–Crippen MR) is 178 cm³/mol. The number of nitrogens with one attached hydrogen (secondary N) is 1. The lowest BCUT2D eigenvalue weighted by Gasteiger charge is -2.37.